The predicted molar refractivity (Wildman–Crippen MR) is 83.2 cm³/mol. The van der Waals surface area contributed by atoms with E-state index >= 15 is 0 Å². The van der Waals surface area contributed by atoms with Gasteiger partial charge in [0.05, 0.1) is 4.90 Å². The fourth-order valence-corrected chi connectivity index (χ4v) is 3.49. The Labute approximate surface area is 123 Å². The Hall–Kier alpha value is -0.910. The SMILES string of the molecule is CCCC(C)N(C)S(=O)(=O)c1ccc(C(C)NC)cc1. The second-order valence-electron chi connectivity index (χ2n) is 5.24. The summed E-state index contributed by atoms with van der Waals surface area (Å²) < 4.78 is 26.5. The van der Waals surface area contributed by atoms with Gasteiger partial charge in [0, 0.05) is 19.1 Å². The van der Waals surface area contributed by atoms with Crippen molar-refractivity contribution in [1.82, 2.24) is 9.62 Å². The number of rotatable bonds is 7. The van der Waals surface area contributed by atoms with E-state index in [1.807, 2.05) is 33.0 Å². The molecule has 1 aromatic carbocycles. The van der Waals surface area contributed by atoms with Crippen molar-refractivity contribution in [3.8, 4) is 0 Å². The smallest absolute Gasteiger partial charge is 0.243 e. The maximum atomic E-state index is 12.5. The van der Waals surface area contributed by atoms with Crippen molar-refractivity contribution in [3.63, 3.8) is 0 Å². The molecule has 2 atom stereocenters. The van der Waals surface area contributed by atoms with Gasteiger partial charge in [-0.25, -0.2) is 8.42 Å². The number of hydrogen-bond acceptors (Lipinski definition) is 3. The summed E-state index contributed by atoms with van der Waals surface area (Å²) >= 11 is 0. The minimum absolute atomic E-state index is 0.0147. The molecule has 2 unspecified atom stereocenters. The first kappa shape index (κ1) is 17.1. The first-order valence-electron chi connectivity index (χ1n) is 7.09. The molecule has 0 amide bonds. The van der Waals surface area contributed by atoms with Crippen LogP contribution in [0.4, 0.5) is 0 Å². The molecular weight excluding hydrogens is 272 g/mol. The zero-order valence-corrected chi connectivity index (χ0v) is 13.9. The molecule has 0 aliphatic rings. The van der Waals surface area contributed by atoms with Gasteiger partial charge in [0.2, 0.25) is 10.0 Å². The summed E-state index contributed by atoms with van der Waals surface area (Å²) in [5.74, 6) is 0. The Kier molecular flexibility index (Phi) is 6.17. The highest BCUT2D eigenvalue weighted by atomic mass is 32.2. The van der Waals surface area contributed by atoms with E-state index in [9.17, 15) is 8.42 Å². The van der Waals surface area contributed by atoms with E-state index in [4.69, 9.17) is 0 Å². The van der Waals surface area contributed by atoms with Crippen LogP contribution >= 0.6 is 0 Å². The van der Waals surface area contributed by atoms with Crippen molar-refractivity contribution in [1.29, 1.82) is 0 Å². The summed E-state index contributed by atoms with van der Waals surface area (Å²) in [4.78, 5) is 0.356. The largest absolute Gasteiger partial charge is 0.313 e. The van der Waals surface area contributed by atoms with Gasteiger partial charge in [0.25, 0.3) is 0 Å². The lowest BCUT2D eigenvalue weighted by Gasteiger charge is -2.24. The molecular formula is C15H26N2O2S. The van der Waals surface area contributed by atoms with Crippen LogP contribution in [-0.2, 0) is 10.0 Å². The van der Waals surface area contributed by atoms with Crippen LogP contribution in [-0.4, -0.2) is 32.9 Å². The van der Waals surface area contributed by atoms with Crippen molar-refractivity contribution in [2.75, 3.05) is 14.1 Å². The Morgan fingerprint density at radius 3 is 2.20 bits per heavy atom. The fraction of sp³-hybridized carbons (Fsp3) is 0.600. The molecule has 0 spiro atoms. The molecule has 0 bridgehead atoms. The highest BCUT2D eigenvalue weighted by molar-refractivity contribution is 7.89. The molecule has 0 radical (unpaired) electrons. The van der Waals surface area contributed by atoms with E-state index in [0.717, 1.165) is 18.4 Å². The second-order valence-corrected chi connectivity index (χ2v) is 7.24. The molecule has 1 rings (SSSR count). The van der Waals surface area contributed by atoms with Gasteiger partial charge >= 0.3 is 0 Å². The minimum Gasteiger partial charge on any atom is -0.313 e. The van der Waals surface area contributed by atoms with E-state index in [1.54, 1.807) is 19.2 Å². The first-order chi connectivity index (χ1) is 9.34. The zero-order valence-electron chi connectivity index (χ0n) is 13.1. The van der Waals surface area contributed by atoms with Crippen LogP contribution in [0.1, 0.15) is 45.2 Å². The molecule has 1 aromatic rings. The van der Waals surface area contributed by atoms with Crippen LogP contribution < -0.4 is 5.32 Å². The third kappa shape index (κ3) is 3.81. The van der Waals surface area contributed by atoms with E-state index in [-0.39, 0.29) is 12.1 Å². The van der Waals surface area contributed by atoms with Gasteiger partial charge in [-0.1, -0.05) is 25.5 Å². The predicted octanol–water partition coefficient (Wildman–Crippen LogP) is 2.78. The monoisotopic (exact) mass is 298 g/mol. The minimum atomic E-state index is -3.40. The summed E-state index contributed by atoms with van der Waals surface area (Å²) in [6, 6.07) is 7.34. The van der Waals surface area contributed by atoms with Gasteiger partial charge in [-0.2, -0.15) is 4.31 Å². The molecule has 0 saturated carbocycles. The van der Waals surface area contributed by atoms with E-state index in [1.165, 1.54) is 4.31 Å². The number of sulfonamides is 1. The van der Waals surface area contributed by atoms with Crippen molar-refractivity contribution in [2.45, 2.75) is 50.6 Å². The lowest BCUT2D eigenvalue weighted by molar-refractivity contribution is 0.368. The van der Waals surface area contributed by atoms with Crippen molar-refractivity contribution >= 4 is 10.0 Å². The number of benzene rings is 1. The molecule has 114 valence electrons. The normalized spacial score (nSPS) is 15.3. The highest BCUT2D eigenvalue weighted by Gasteiger charge is 2.24. The average molecular weight is 298 g/mol. The van der Waals surface area contributed by atoms with Crippen LogP contribution in [0.15, 0.2) is 29.2 Å². The number of hydrogen-bond donors (Lipinski definition) is 1. The highest BCUT2D eigenvalue weighted by Crippen LogP contribution is 2.21. The van der Waals surface area contributed by atoms with Gasteiger partial charge in [0.15, 0.2) is 0 Å². The van der Waals surface area contributed by atoms with Gasteiger partial charge in [-0.15, -0.1) is 0 Å². The molecule has 5 heteroatoms. The zero-order chi connectivity index (χ0) is 15.3. The molecule has 4 nitrogen and oxygen atoms in total. The molecule has 0 aromatic heterocycles. The Bertz CT molecular complexity index is 511. The van der Waals surface area contributed by atoms with Gasteiger partial charge in [-0.05, 0) is 45.0 Å². The van der Waals surface area contributed by atoms with Crippen LogP contribution in [0.25, 0.3) is 0 Å². The maximum Gasteiger partial charge on any atom is 0.243 e. The van der Waals surface area contributed by atoms with Crippen molar-refractivity contribution in [2.24, 2.45) is 0 Å². The third-order valence-corrected chi connectivity index (χ3v) is 5.80. The van der Waals surface area contributed by atoms with Crippen molar-refractivity contribution in [3.05, 3.63) is 29.8 Å². The number of nitrogens with one attached hydrogen (secondary N) is 1. The quantitative estimate of drug-likeness (QED) is 0.842. The van der Waals surface area contributed by atoms with Gasteiger partial charge < -0.3 is 5.32 Å². The molecule has 1 N–H and O–H groups in total. The van der Waals surface area contributed by atoms with Crippen LogP contribution in [0.5, 0.6) is 0 Å². The molecule has 0 heterocycles. The first-order valence-corrected chi connectivity index (χ1v) is 8.53. The van der Waals surface area contributed by atoms with Gasteiger partial charge in [-0.3, -0.25) is 0 Å². The molecule has 0 fully saturated rings. The van der Waals surface area contributed by atoms with E-state index < -0.39 is 10.0 Å². The average Bonchev–Trinajstić information content (AvgIpc) is 2.45. The topological polar surface area (TPSA) is 49.4 Å². The molecule has 0 aliphatic heterocycles. The molecule has 0 aliphatic carbocycles. The van der Waals surface area contributed by atoms with Crippen LogP contribution in [0.2, 0.25) is 0 Å². The third-order valence-electron chi connectivity index (χ3n) is 3.82. The number of nitrogens with zero attached hydrogens (tertiary/aromatic N) is 1. The Morgan fingerprint density at radius 2 is 1.75 bits per heavy atom. The van der Waals surface area contributed by atoms with Crippen LogP contribution in [0, 0.1) is 0 Å². The lowest BCUT2D eigenvalue weighted by atomic mass is 10.1. The summed E-state index contributed by atoms with van der Waals surface area (Å²) in [5, 5.41) is 3.14. The van der Waals surface area contributed by atoms with Crippen molar-refractivity contribution < 1.29 is 8.42 Å². The molecule has 20 heavy (non-hydrogen) atoms. The Morgan fingerprint density at radius 1 is 1.20 bits per heavy atom. The summed E-state index contributed by atoms with van der Waals surface area (Å²) in [7, 11) is 0.140. The maximum absolute atomic E-state index is 12.5. The Balaban J connectivity index is 2.98. The van der Waals surface area contributed by atoms with E-state index in [0.29, 0.717) is 4.90 Å². The van der Waals surface area contributed by atoms with E-state index in [2.05, 4.69) is 12.2 Å². The summed E-state index contributed by atoms with van der Waals surface area (Å²) in [5.41, 5.74) is 1.08. The van der Waals surface area contributed by atoms with Gasteiger partial charge in [0.1, 0.15) is 0 Å². The lowest BCUT2D eigenvalue weighted by Crippen LogP contribution is -2.35. The van der Waals surface area contributed by atoms with Crippen LogP contribution in [0.3, 0.4) is 0 Å². The second kappa shape index (κ2) is 7.20. The summed E-state index contributed by atoms with van der Waals surface area (Å²) in [6.07, 6.45) is 1.84. The summed E-state index contributed by atoms with van der Waals surface area (Å²) in [6.45, 7) is 6.04. The molecule has 0 saturated heterocycles. The standard InChI is InChI=1S/C15H26N2O2S/c1-6-7-12(2)17(5)20(18,19)15-10-8-14(9-11-15)13(3)16-4/h8-13,16H,6-7H2,1-5H3. The fourth-order valence-electron chi connectivity index (χ4n) is 2.10.